The van der Waals surface area contributed by atoms with Crippen LogP contribution in [-0.4, -0.2) is 14.8 Å². The topological polar surface area (TPSA) is 54.9 Å². The van der Waals surface area contributed by atoms with Crippen molar-refractivity contribution in [3.63, 3.8) is 0 Å². The van der Waals surface area contributed by atoms with Crippen molar-refractivity contribution in [3.05, 3.63) is 32.6 Å². The summed E-state index contributed by atoms with van der Waals surface area (Å²) in [7, 11) is 0. The Balaban J connectivity index is 3.17. The predicted octanol–water partition coefficient (Wildman–Crippen LogP) is 0.163. The third-order valence-corrected chi connectivity index (χ3v) is 1.81. The second-order valence-corrected chi connectivity index (χ2v) is 3.95. The Morgan fingerprint density at radius 3 is 2.77 bits per heavy atom. The first kappa shape index (κ1) is 10.1. The minimum atomic E-state index is -0.378. The molecule has 1 atom stereocenters. The van der Waals surface area contributed by atoms with E-state index in [1.807, 2.05) is 6.92 Å². The normalized spacial score (nSPS) is 12.8. The van der Waals surface area contributed by atoms with Gasteiger partial charge in [-0.25, -0.2) is 4.79 Å². The first-order valence-electron chi connectivity index (χ1n) is 3.99. The molecule has 0 aromatic carbocycles. The summed E-state index contributed by atoms with van der Waals surface area (Å²) in [5.74, 6) is 0. The number of aryl methyl sites for hydroxylation is 1. The second kappa shape index (κ2) is 3.83. The number of hydrogen-bond donors (Lipinski definition) is 2. The molecule has 0 saturated heterocycles. The molecule has 1 aromatic heterocycles. The molecule has 72 valence electrons. The van der Waals surface area contributed by atoms with E-state index in [0.717, 1.165) is 0 Å². The molecule has 0 spiro atoms. The maximum Gasteiger partial charge on any atom is 0.328 e. The fourth-order valence-electron chi connectivity index (χ4n) is 1.04. The molecule has 0 aliphatic heterocycles. The summed E-state index contributed by atoms with van der Waals surface area (Å²) in [5.41, 5.74) is -0.168. The van der Waals surface area contributed by atoms with Crippen LogP contribution in [0, 0.1) is 6.92 Å². The second-order valence-electron chi connectivity index (χ2n) is 3.07. The molecule has 1 unspecified atom stereocenters. The number of thiol groups is 1. The van der Waals surface area contributed by atoms with E-state index in [0.29, 0.717) is 12.1 Å². The van der Waals surface area contributed by atoms with E-state index in [2.05, 4.69) is 17.6 Å². The van der Waals surface area contributed by atoms with Crippen molar-refractivity contribution in [1.29, 1.82) is 0 Å². The Kier molecular flexibility index (Phi) is 2.98. The number of H-pyrrole nitrogens is 1. The maximum atomic E-state index is 11.2. The van der Waals surface area contributed by atoms with Gasteiger partial charge in [0.15, 0.2) is 0 Å². The first-order valence-corrected chi connectivity index (χ1v) is 4.51. The molecule has 1 heterocycles. The largest absolute Gasteiger partial charge is 0.328 e. The van der Waals surface area contributed by atoms with Crippen molar-refractivity contribution in [2.75, 3.05) is 0 Å². The van der Waals surface area contributed by atoms with Gasteiger partial charge >= 0.3 is 5.69 Å². The summed E-state index contributed by atoms with van der Waals surface area (Å²) < 4.78 is 1.45. The van der Waals surface area contributed by atoms with Crippen LogP contribution in [-0.2, 0) is 6.54 Å². The molecule has 4 nitrogen and oxygen atoms in total. The van der Waals surface area contributed by atoms with Crippen molar-refractivity contribution in [2.45, 2.75) is 25.6 Å². The van der Waals surface area contributed by atoms with Gasteiger partial charge in [-0.1, -0.05) is 6.92 Å². The van der Waals surface area contributed by atoms with Gasteiger partial charge in [-0.3, -0.25) is 14.3 Å². The smallest absolute Gasteiger partial charge is 0.299 e. The molecule has 1 N–H and O–H groups in total. The fourth-order valence-corrected chi connectivity index (χ4v) is 1.21. The number of rotatable bonds is 2. The summed E-state index contributed by atoms with van der Waals surface area (Å²) in [5, 5.41) is 0.0861. The van der Waals surface area contributed by atoms with Crippen LogP contribution in [0.2, 0.25) is 0 Å². The van der Waals surface area contributed by atoms with Gasteiger partial charge < -0.3 is 0 Å². The zero-order valence-corrected chi connectivity index (χ0v) is 8.47. The highest BCUT2D eigenvalue weighted by molar-refractivity contribution is 7.80. The average molecular weight is 200 g/mol. The van der Waals surface area contributed by atoms with Crippen LogP contribution in [0.5, 0.6) is 0 Å². The van der Waals surface area contributed by atoms with Crippen LogP contribution < -0.4 is 11.2 Å². The summed E-state index contributed by atoms with van der Waals surface area (Å²) in [6.07, 6.45) is 1.55. The third-order valence-electron chi connectivity index (χ3n) is 1.65. The molecule has 0 bridgehead atoms. The average Bonchev–Trinajstić information content (AvgIpc) is 1.99. The van der Waals surface area contributed by atoms with Crippen molar-refractivity contribution in [2.24, 2.45) is 0 Å². The van der Waals surface area contributed by atoms with Crippen LogP contribution >= 0.6 is 12.6 Å². The number of aromatic nitrogens is 2. The molecule has 0 aliphatic carbocycles. The Morgan fingerprint density at radius 1 is 1.62 bits per heavy atom. The Bertz CT molecular complexity index is 405. The fraction of sp³-hybridized carbons (Fsp3) is 0.500. The van der Waals surface area contributed by atoms with Gasteiger partial charge in [0.1, 0.15) is 0 Å². The van der Waals surface area contributed by atoms with Gasteiger partial charge in [-0.15, -0.1) is 0 Å². The molecule has 0 saturated carbocycles. The van der Waals surface area contributed by atoms with E-state index in [1.165, 1.54) is 4.57 Å². The highest BCUT2D eigenvalue weighted by atomic mass is 32.1. The van der Waals surface area contributed by atoms with Gasteiger partial charge in [-0.05, 0) is 6.92 Å². The molecule has 0 amide bonds. The lowest BCUT2D eigenvalue weighted by Gasteiger charge is -2.07. The Morgan fingerprint density at radius 2 is 2.23 bits per heavy atom. The van der Waals surface area contributed by atoms with E-state index >= 15 is 0 Å². The molecular weight excluding hydrogens is 188 g/mol. The van der Waals surface area contributed by atoms with Crippen molar-refractivity contribution in [1.82, 2.24) is 9.55 Å². The van der Waals surface area contributed by atoms with E-state index in [9.17, 15) is 9.59 Å². The van der Waals surface area contributed by atoms with Gasteiger partial charge in [0.05, 0.1) is 0 Å². The maximum absolute atomic E-state index is 11.2. The molecular formula is C8H12N2O2S. The summed E-state index contributed by atoms with van der Waals surface area (Å²) in [6, 6.07) is 0. The molecule has 1 aromatic rings. The lowest BCUT2D eigenvalue weighted by molar-refractivity contribution is 0.640. The highest BCUT2D eigenvalue weighted by Gasteiger charge is 2.02. The Labute approximate surface area is 81.0 Å². The van der Waals surface area contributed by atoms with Crippen LogP contribution in [0.4, 0.5) is 0 Å². The molecule has 0 aliphatic rings. The van der Waals surface area contributed by atoms with E-state index < -0.39 is 0 Å². The summed E-state index contributed by atoms with van der Waals surface area (Å²) in [4.78, 5) is 24.4. The van der Waals surface area contributed by atoms with Crippen LogP contribution in [0.15, 0.2) is 15.8 Å². The Hall–Kier alpha value is -0.970. The minimum absolute atomic E-state index is 0.0861. The molecule has 5 heteroatoms. The monoisotopic (exact) mass is 200 g/mol. The van der Waals surface area contributed by atoms with E-state index in [4.69, 9.17) is 0 Å². The highest BCUT2D eigenvalue weighted by Crippen LogP contribution is 1.95. The van der Waals surface area contributed by atoms with Crippen molar-refractivity contribution >= 4 is 12.6 Å². The third kappa shape index (κ3) is 2.48. The van der Waals surface area contributed by atoms with E-state index in [-0.39, 0.29) is 16.5 Å². The van der Waals surface area contributed by atoms with Gasteiger partial charge in [-0.2, -0.15) is 12.6 Å². The van der Waals surface area contributed by atoms with Gasteiger partial charge in [0.25, 0.3) is 5.56 Å². The SMILES string of the molecule is Cc1cn(CC(C)S)c(=O)[nH]c1=O. The number of aromatic amines is 1. The number of nitrogens with zero attached hydrogens (tertiary/aromatic N) is 1. The van der Waals surface area contributed by atoms with Crippen molar-refractivity contribution < 1.29 is 0 Å². The quantitative estimate of drug-likeness (QED) is 0.668. The lowest BCUT2D eigenvalue weighted by Crippen LogP contribution is -2.32. The summed E-state index contributed by atoms with van der Waals surface area (Å²) in [6.45, 7) is 4.05. The number of nitrogens with one attached hydrogen (secondary N) is 1. The van der Waals surface area contributed by atoms with Crippen LogP contribution in [0.25, 0.3) is 0 Å². The summed E-state index contributed by atoms with van der Waals surface area (Å²) >= 11 is 4.17. The standard InChI is InChI=1S/C8H12N2O2S/c1-5-3-10(4-6(2)13)8(12)9-7(5)11/h3,6,13H,4H2,1-2H3,(H,9,11,12). The first-order chi connectivity index (χ1) is 6.00. The zero-order chi connectivity index (χ0) is 10.0. The van der Waals surface area contributed by atoms with Gasteiger partial charge in [0, 0.05) is 23.6 Å². The zero-order valence-electron chi connectivity index (χ0n) is 7.57. The van der Waals surface area contributed by atoms with Crippen LogP contribution in [0.3, 0.4) is 0 Å². The molecule has 0 radical (unpaired) electrons. The minimum Gasteiger partial charge on any atom is -0.299 e. The van der Waals surface area contributed by atoms with Crippen molar-refractivity contribution in [3.8, 4) is 0 Å². The number of hydrogen-bond acceptors (Lipinski definition) is 3. The molecule has 13 heavy (non-hydrogen) atoms. The predicted molar refractivity (Wildman–Crippen MR) is 54.5 cm³/mol. The van der Waals surface area contributed by atoms with E-state index in [1.54, 1.807) is 13.1 Å². The van der Waals surface area contributed by atoms with Crippen LogP contribution in [0.1, 0.15) is 12.5 Å². The lowest BCUT2D eigenvalue weighted by atomic mass is 10.4. The molecule has 1 rings (SSSR count). The molecule has 0 fully saturated rings. The van der Waals surface area contributed by atoms with Gasteiger partial charge in [0.2, 0.25) is 0 Å².